The second-order valence-corrected chi connectivity index (χ2v) is 2.95. The molecule has 0 spiro atoms. The van der Waals surface area contributed by atoms with Crippen LogP contribution in [0.1, 0.15) is 0 Å². The van der Waals surface area contributed by atoms with Gasteiger partial charge in [0.25, 0.3) is 0 Å². The van der Waals surface area contributed by atoms with Gasteiger partial charge in [-0.3, -0.25) is 5.10 Å². The lowest BCUT2D eigenvalue weighted by Crippen LogP contribution is -1.83. The molecule has 5 heteroatoms. The maximum atomic E-state index is 10.5. The molecular weight excluding hydrogens is 194 g/mol. The second kappa shape index (κ2) is 3.91. The third-order valence-corrected chi connectivity index (χ3v) is 2.10. The molecule has 0 atom stereocenters. The Morgan fingerprint density at radius 1 is 1.33 bits per heavy atom. The monoisotopic (exact) mass is 203 g/mol. The number of hydrogen-bond acceptors (Lipinski definition) is 4. The average molecular weight is 203 g/mol. The summed E-state index contributed by atoms with van der Waals surface area (Å²) in [6.45, 7) is 0. The zero-order chi connectivity index (χ0) is 10.7. The van der Waals surface area contributed by atoms with Crippen molar-refractivity contribution in [3.8, 4) is 17.0 Å². The number of benzene rings is 1. The molecule has 15 heavy (non-hydrogen) atoms. The molecule has 0 aliphatic carbocycles. The molecule has 0 unspecified atom stereocenters. The summed E-state index contributed by atoms with van der Waals surface area (Å²) < 4.78 is 5.03. The van der Waals surface area contributed by atoms with Crippen molar-refractivity contribution in [1.82, 2.24) is 10.2 Å². The summed E-state index contributed by atoms with van der Waals surface area (Å²) in [7, 11) is 1.60. The van der Waals surface area contributed by atoms with Gasteiger partial charge in [0.1, 0.15) is 5.75 Å². The topological polar surface area (TPSA) is 67.3 Å². The summed E-state index contributed by atoms with van der Waals surface area (Å²) in [4.78, 5) is 10.5. The number of aromatic amines is 1. The molecule has 1 heterocycles. The Morgan fingerprint density at radius 3 is 2.67 bits per heavy atom. The molecule has 0 radical (unpaired) electrons. The molecule has 1 aromatic heterocycles. The van der Waals surface area contributed by atoms with E-state index in [1.54, 1.807) is 7.11 Å². The molecule has 1 aromatic carbocycles. The molecule has 1 N–H and O–H groups in total. The normalized spacial score (nSPS) is 9.93. The summed E-state index contributed by atoms with van der Waals surface area (Å²) in [6.07, 6.45) is 1.40. The lowest BCUT2D eigenvalue weighted by molar-refractivity contribution is 0.415. The fourth-order valence-corrected chi connectivity index (χ4v) is 1.32. The van der Waals surface area contributed by atoms with Crippen molar-refractivity contribution < 1.29 is 4.74 Å². The minimum atomic E-state index is 0.306. The highest BCUT2D eigenvalue weighted by atomic mass is 16.5. The van der Waals surface area contributed by atoms with Gasteiger partial charge in [-0.05, 0) is 29.4 Å². The molecule has 0 saturated heterocycles. The lowest BCUT2D eigenvalue weighted by atomic mass is 10.1. The molecule has 0 saturated carbocycles. The van der Waals surface area contributed by atoms with Gasteiger partial charge >= 0.3 is 0 Å². The minimum Gasteiger partial charge on any atom is -0.497 e. The number of hydrogen-bond donors (Lipinski definition) is 1. The molecule has 0 amide bonds. The summed E-state index contributed by atoms with van der Waals surface area (Å²) in [5.41, 5.74) is 1.77. The van der Waals surface area contributed by atoms with Gasteiger partial charge in [-0.2, -0.15) is 5.10 Å². The van der Waals surface area contributed by atoms with Gasteiger partial charge in [0.2, 0.25) is 0 Å². The van der Waals surface area contributed by atoms with Crippen LogP contribution in [0.3, 0.4) is 0 Å². The number of nitrogens with one attached hydrogen (secondary N) is 1. The third-order valence-electron chi connectivity index (χ3n) is 2.10. The van der Waals surface area contributed by atoms with E-state index >= 15 is 0 Å². The van der Waals surface area contributed by atoms with Crippen LogP contribution in [-0.4, -0.2) is 17.3 Å². The van der Waals surface area contributed by atoms with Crippen LogP contribution in [0.15, 0.2) is 35.6 Å². The van der Waals surface area contributed by atoms with Crippen LogP contribution >= 0.6 is 0 Å². The first kappa shape index (κ1) is 9.39. The van der Waals surface area contributed by atoms with Crippen LogP contribution in [-0.2, 0) is 0 Å². The predicted molar refractivity (Wildman–Crippen MR) is 56.0 cm³/mol. The van der Waals surface area contributed by atoms with E-state index in [9.17, 15) is 4.91 Å². The summed E-state index contributed by atoms with van der Waals surface area (Å²) in [5, 5.41) is 9.36. The molecule has 2 rings (SSSR count). The number of nitroso groups, excluding NO2 is 1. The number of nitrogens with zero attached hydrogens (tertiary/aromatic N) is 2. The van der Waals surface area contributed by atoms with Crippen LogP contribution in [0, 0.1) is 4.91 Å². The van der Waals surface area contributed by atoms with Crippen LogP contribution in [0.2, 0.25) is 0 Å². The first-order chi connectivity index (χ1) is 7.35. The standard InChI is InChI=1S/C10H9N3O2/c1-15-8-4-2-7(3-5-8)10-9(13-14)6-11-12-10/h2-6H,1H3,(H,11,12). The molecule has 0 aliphatic heterocycles. The van der Waals surface area contributed by atoms with E-state index in [1.807, 2.05) is 24.3 Å². The number of ether oxygens (including phenoxy) is 1. The quantitative estimate of drug-likeness (QED) is 0.779. The van der Waals surface area contributed by atoms with Crippen LogP contribution in [0.25, 0.3) is 11.3 Å². The molecular formula is C10H9N3O2. The van der Waals surface area contributed by atoms with E-state index < -0.39 is 0 Å². The fourth-order valence-electron chi connectivity index (χ4n) is 1.32. The van der Waals surface area contributed by atoms with E-state index in [1.165, 1.54) is 6.20 Å². The summed E-state index contributed by atoms with van der Waals surface area (Å²) in [6, 6.07) is 7.29. The van der Waals surface area contributed by atoms with E-state index in [0.717, 1.165) is 11.3 Å². The zero-order valence-corrected chi connectivity index (χ0v) is 8.10. The van der Waals surface area contributed by atoms with Crippen molar-refractivity contribution >= 4 is 5.69 Å². The van der Waals surface area contributed by atoms with Crippen LogP contribution in [0.5, 0.6) is 5.75 Å². The smallest absolute Gasteiger partial charge is 0.153 e. The maximum absolute atomic E-state index is 10.5. The Bertz CT molecular complexity index is 462. The van der Waals surface area contributed by atoms with Crippen molar-refractivity contribution in [1.29, 1.82) is 0 Å². The Kier molecular flexibility index (Phi) is 2.45. The van der Waals surface area contributed by atoms with E-state index in [4.69, 9.17) is 4.74 Å². The van der Waals surface area contributed by atoms with Crippen molar-refractivity contribution in [3.63, 3.8) is 0 Å². The van der Waals surface area contributed by atoms with Gasteiger partial charge < -0.3 is 4.74 Å². The van der Waals surface area contributed by atoms with Crippen molar-refractivity contribution in [3.05, 3.63) is 35.4 Å². The van der Waals surface area contributed by atoms with E-state index in [2.05, 4.69) is 15.4 Å². The Labute approximate surface area is 86.1 Å². The van der Waals surface area contributed by atoms with E-state index in [-0.39, 0.29) is 0 Å². The summed E-state index contributed by atoms with van der Waals surface area (Å²) in [5.74, 6) is 0.763. The highest BCUT2D eigenvalue weighted by Crippen LogP contribution is 2.28. The van der Waals surface area contributed by atoms with Crippen molar-refractivity contribution in [2.24, 2.45) is 5.18 Å². The first-order valence-electron chi connectivity index (χ1n) is 4.36. The third kappa shape index (κ3) is 1.71. The highest BCUT2D eigenvalue weighted by molar-refractivity contribution is 5.71. The lowest BCUT2D eigenvalue weighted by Gasteiger charge is -2.01. The first-order valence-corrected chi connectivity index (χ1v) is 4.36. The average Bonchev–Trinajstić information content (AvgIpc) is 2.77. The zero-order valence-electron chi connectivity index (χ0n) is 8.10. The van der Waals surface area contributed by atoms with Crippen LogP contribution < -0.4 is 4.74 Å². The number of rotatable bonds is 3. The van der Waals surface area contributed by atoms with Gasteiger partial charge in [0.15, 0.2) is 5.69 Å². The number of H-pyrrole nitrogens is 1. The largest absolute Gasteiger partial charge is 0.497 e. The molecule has 0 aliphatic rings. The van der Waals surface area contributed by atoms with Crippen molar-refractivity contribution in [2.45, 2.75) is 0 Å². The molecule has 76 valence electrons. The number of aromatic nitrogens is 2. The van der Waals surface area contributed by atoms with Gasteiger partial charge in [-0.1, -0.05) is 0 Å². The Morgan fingerprint density at radius 2 is 2.07 bits per heavy atom. The van der Waals surface area contributed by atoms with Gasteiger partial charge in [-0.25, -0.2) is 0 Å². The second-order valence-electron chi connectivity index (χ2n) is 2.95. The molecule has 5 nitrogen and oxygen atoms in total. The SMILES string of the molecule is COc1ccc(-c2[nH]ncc2N=O)cc1. The predicted octanol–water partition coefficient (Wildman–Crippen LogP) is 2.48. The van der Waals surface area contributed by atoms with Gasteiger partial charge in [0.05, 0.1) is 19.0 Å². The Balaban J connectivity index is 2.41. The van der Waals surface area contributed by atoms with E-state index in [0.29, 0.717) is 11.4 Å². The fraction of sp³-hybridized carbons (Fsp3) is 0.100. The summed E-state index contributed by atoms with van der Waals surface area (Å²) >= 11 is 0. The highest BCUT2D eigenvalue weighted by Gasteiger charge is 2.07. The van der Waals surface area contributed by atoms with Gasteiger partial charge in [0, 0.05) is 5.56 Å². The maximum Gasteiger partial charge on any atom is 0.153 e. The van der Waals surface area contributed by atoms with Crippen LogP contribution in [0.4, 0.5) is 5.69 Å². The molecule has 2 aromatic rings. The number of methoxy groups -OCH3 is 1. The molecule has 0 bridgehead atoms. The Hall–Kier alpha value is -2.17. The van der Waals surface area contributed by atoms with Crippen molar-refractivity contribution in [2.75, 3.05) is 7.11 Å². The molecule has 0 fully saturated rings. The van der Waals surface area contributed by atoms with Gasteiger partial charge in [-0.15, -0.1) is 4.91 Å². The minimum absolute atomic E-state index is 0.306.